The standard InChI is InChI=1S/C36H26N2/c1-2-8-24(9-3-1)25-14-18-28(19-15-25)38-35-13-7-5-11-31(35)32-22-26(17-21-36(32)38)27-16-20-30-29-10-4-6-12-33(29)37-34(30)23-27/h1-5,7-11,13-23,37H,6,12H2. The van der Waals surface area contributed by atoms with Crippen LogP contribution in [0.4, 0.5) is 0 Å². The molecule has 0 bridgehead atoms. The number of hydrogen-bond donors (Lipinski definition) is 1. The van der Waals surface area contributed by atoms with Crippen LogP contribution in [0.5, 0.6) is 0 Å². The second kappa shape index (κ2) is 8.36. The van der Waals surface area contributed by atoms with Gasteiger partial charge in [0.1, 0.15) is 0 Å². The van der Waals surface area contributed by atoms with E-state index in [9.17, 15) is 0 Å². The second-order valence-corrected chi connectivity index (χ2v) is 10.2. The predicted octanol–water partition coefficient (Wildman–Crippen LogP) is 9.56. The minimum Gasteiger partial charge on any atom is -0.358 e. The van der Waals surface area contributed by atoms with Gasteiger partial charge in [0.25, 0.3) is 0 Å². The maximum absolute atomic E-state index is 3.68. The average molecular weight is 487 g/mol. The molecule has 0 atom stereocenters. The van der Waals surface area contributed by atoms with E-state index in [4.69, 9.17) is 0 Å². The minimum absolute atomic E-state index is 1.09. The normalized spacial score (nSPS) is 12.9. The Morgan fingerprint density at radius 1 is 0.553 bits per heavy atom. The van der Waals surface area contributed by atoms with Crippen LogP contribution < -0.4 is 0 Å². The van der Waals surface area contributed by atoms with E-state index in [-0.39, 0.29) is 0 Å². The van der Waals surface area contributed by atoms with Crippen molar-refractivity contribution in [1.29, 1.82) is 0 Å². The highest BCUT2D eigenvalue weighted by molar-refractivity contribution is 6.10. The van der Waals surface area contributed by atoms with E-state index < -0.39 is 0 Å². The molecule has 38 heavy (non-hydrogen) atoms. The van der Waals surface area contributed by atoms with E-state index in [0.717, 1.165) is 12.8 Å². The number of nitrogens with one attached hydrogen (secondary N) is 1. The first-order valence-electron chi connectivity index (χ1n) is 13.3. The lowest BCUT2D eigenvalue weighted by molar-refractivity contribution is 0.951. The molecule has 5 aromatic carbocycles. The number of para-hydroxylation sites is 1. The Hall–Kier alpha value is -4.82. The van der Waals surface area contributed by atoms with Gasteiger partial charge in [0.15, 0.2) is 0 Å². The molecule has 2 nitrogen and oxygen atoms in total. The first-order chi connectivity index (χ1) is 18.8. The molecule has 0 unspecified atom stereocenters. The van der Waals surface area contributed by atoms with Gasteiger partial charge in [0, 0.05) is 38.6 Å². The van der Waals surface area contributed by atoms with Gasteiger partial charge >= 0.3 is 0 Å². The van der Waals surface area contributed by atoms with Crippen LogP contribution in [0.2, 0.25) is 0 Å². The molecular weight excluding hydrogens is 460 g/mol. The molecule has 0 aliphatic heterocycles. The monoisotopic (exact) mass is 486 g/mol. The van der Waals surface area contributed by atoms with Crippen molar-refractivity contribution >= 4 is 38.8 Å². The summed E-state index contributed by atoms with van der Waals surface area (Å²) in [6.45, 7) is 0. The van der Waals surface area contributed by atoms with Crippen LogP contribution in [0.3, 0.4) is 0 Å². The molecule has 7 aromatic rings. The van der Waals surface area contributed by atoms with Gasteiger partial charge in [-0.2, -0.15) is 0 Å². The summed E-state index contributed by atoms with van der Waals surface area (Å²) < 4.78 is 2.39. The molecule has 1 aliphatic rings. The number of aryl methyl sites for hydroxylation is 1. The molecule has 180 valence electrons. The van der Waals surface area contributed by atoms with E-state index in [2.05, 4.69) is 137 Å². The van der Waals surface area contributed by atoms with Crippen LogP contribution in [0.25, 0.3) is 66.7 Å². The first-order valence-corrected chi connectivity index (χ1v) is 13.3. The quantitative estimate of drug-likeness (QED) is 0.257. The summed E-state index contributed by atoms with van der Waals surface area (Å²) in [6, 6.07) is 42.0. The summed E-state index contributed by atoms with van der Waals surface area (Å²) in [5.74, 6) is 0. The van der Waals surface area contributed by atoms with Gasteiger partial charge in [-0.3, -0.25) is 0 Å². The highest BCUT2D eigenvalue weighted by Gasteiger charge is 2.15. The third kappa shape index (κ3) is 3.27. The van der Waals surface area contributed by atoms with Crippen LogP contribution in [-0.4, -0.2) is 9.55 Å². The lowest BCUT2D eigenvalue weighted by Gasteiger charge is -2.10. The molecule has 0 spiro atoms. The van der Waals surface area contributed by atoms with E-state index in [1.165, 1.54) is 71.9 Å². The summed E-state index contributed by atoms with van der Waals surface area (Å²) in [4.78, 5) is 3.68. The number of rotatable bonds is 3. The molecule has 2 heterocycles. The summed E-state index contributed by atoms with van der Waals surface area (Å²) in [6.07, 6.45) is 6.75. The Kier molecular flexibility index (Phi) is 4.68. The Balaban J connectivity index is 1.26. The van der Waals surface area contributed by atoms with Gasteiger partial charge in [0.05, 0.1) is 11.0 Å². The van der Waals surface area contributed by atoms with E-state index in [1.54, 1.807) is 0 Å². The van der Waals surface area contributed by atoms with Crippen molar-refractivity contribution < 1.29 is 0 Å². The number of allylic oxidation sites excluding steroid dienone is 1. The summed E-state index contributed by atoms with van der Waals surface area (Å²) in [5.41, 5.74) is 12.5. The van der Waals surface area contributed by atoms with Gasteiger partial charge in [-0.15, -0.1) is 0 Å². The van der Waals surface area contributed by atoms with Crippen molar-refractivity contribution in [3.63, 3.8) is 0 Å². The highest BCUT2D eigenvalue weighted by Crippen LogP contribution is 2.37. The van der Waals surface area contributed by atoms with Crippen LogP contribution in [0, 0.1) is 0 Å². The van der Waals surface area contributed by atoms with Crippen molar-refractivity contribution in [2.45, 2.75) is 12.8 Å². The minimum atomic E-state index is 1.09. The summed E-state index contributed by atoms with van der Waals surface area (Å²) in [5, 5.41) is 3.87. The Morgan fingerprint density at radius 3 is 2.16 bits per heavy atom. The number of fused-ring (bicyclic) bond motifs is 6. The molecule has 0 fully saturated rings. The SMILES string of the molecule is C1=Cc2c([nH]c3cc(-c4ccc5c(c4)c4ccccc4n5-c4ccc(-c5ccccc5)cc4)ccc23)CC1. The van der Waals surface area contributed by atoms with Crippen molar-refractivity contribution in [3.8, 4) is 27.9 Å². The van der Waals surface area contributed by atoms with E-state index in [0.29, 0.717) is 0 Å². The molecular formula is C36H26N2. The lowest BCUT2D eigenvalue weighted by atomic mass is 9.99. The van der Waals surface area contributed by atoms with E-state index >= 15 is 0 Å². The molecule has 8 rings (SSSR count). The number of benzene rings is 5. The summed E-state index contributed by atoms with van der Waals surface area (Å²) in [7, 11) is 0. The summed E-state index contributed by atoms with van der Waals surface area (Å²) >= 11 is 0. The largest absolute Gasteiger partial charge is 0.358 e. The first kappa shape index (κ1) is 21.3. The topological polar surface area (TPSA) is 20.7 Å². The van der Waals surface area contributed by atoms with Crippen molar-refractivity contribution in [2.75, 3.05) is 0 Å². The number of hydrogen-bond acceptors (Lipinski definition) is 0. The Morgan fingerprint density at radius 2 is 1.26 bits per heavy atom. The van der Waals surface area contributed by atoms with Crippen molar-refractivity contribution in [1.82, 2.24) is 9.55 Å². The predicted molar refractivity (Wildman–Crippen MR) is 161 cm³/mol. The number of aromatic amines is 1. The van der Waals surface area contributed by atoms with Gasteiger partial charge in [-0.05, 0) is 71.5 Å². The van der Waals surface area contributed by atoms with Gasteiger partial charge in [-0.1, -0.05) is 91.0 Å². The zero-order valence-electron chi connectivity index (χ0n) is 21.0. The molecule has 0 saturated heterocycles. The van der Waals surface area contributed by atoms with Crippen LogP contribution in [0.15, 0.2) is 121 Å². The van der Waals surface area contributed by atoms with E-state index in [1.807, 2.05) is 0 Å². The molecule has 0 radical (unpaired) electrons. The fraction of sp³-hybridized carbons (Fsp3) is 0.0556. The van der Waals surface area contributed by atoms with Crippen LogP contribution >= 0.6 is 0 Å². The molecule has 1 aliphatic carbocycles. The molecule has 2 aromatic heterocycles. The maximum atomic E-state index is 3.68. The molecule has 2 heteroatoms. The van der Waals surface area contributed by atoms with Gasteiger partial charge in [0.2, 0.25) is 0 Å². The average Bonchev–Trinajstić information content (AvgIpc) is 3.52. The molecule has 0 amide bonds. The van der Waals surface area contributed by atoms with Crippen LogP contribution in [0.1, 0.15) is 17.7 Å². The Bertz CT molecular complexity index is 2000. The van der Waals surface area contributed by atoms with Crippen molar-refractivity contribution in [3.05, 3.63) is 133 Å². The number of nitrogens with zero attached hydrogens (tertiary/aromatic N) is 1. The molecule has 0 saturated carbocycles. The third-order valence-electron chi connectivity index (χ3n) is 8.00. The lowest BCUT2D eigenvalue weighted by Crippen LogP contribution is -1.93. The number of aromatic nitrogens is 2. The van der Waals surface area contributed by atoms with Crippen molar-refractivity contribution in [2.24, 2.45) is 0 Å². The fourth-order valence-electron chi connectivity index (χ4n) is 6.14. The maximum Gasteiger partial charge on any atom is 0.0541 e. The smallest absolute Gasteiger partial charge is 0.0541 e. The fourth-order valence-corrected chi connectivity index (χ4v) is 6.14. The Labute approximate surface area is 221 Å². The molecule has 1 N–H and O–H groups in total. The van der Waals surface area contributed by atoms with Gasteiger partial charge in [-0.25, -0.2) is 0 Å². The third-order valence-corrected chi connectivity index (χ3v) is 8.00. The second-order valence-electron chi connectivity index (χ2n) is 10.2. The zero-order valence-corrected chi connectivity index (χ0v) is 21.0. The van der Waals surface area contributed by atoms with Gasteiger partial charge < -0.3 is 9.55 Å². The number of H-pyrrole nitrogens is 1. The zero-order chi connectivity index (χ0) is 25.1. The highest BCUT2D eigenvalue weighted by atomic mass is 15.0. The van der Waals surface area contributed by atoms with Crippen LogP contribution in [-0.2, 0) is 6.42 Å².